The number of fused-ring (bicyclic) bond motifs is 5. The van der Waals surface area contributed by atoms with Gasteiger partial charge in [-0.3, -0.25) is 9.59 Å². The summed E-state index contributed by atoms with van der Waals surface area (Å²) in [6, 6.07) is 0. The van der Waals surface area contributed by atoms with Crippen molar-refractivity contribution in [2.24, 2.45) is 41.4 Å². The summed E-state index contributed by atoms with van der Waals surface area (Å²) in [7, 11) is 2.88. The fraction of sp³-hybridized carbons (Fsp3) is 0.897. The van der Waals surface area contributed by atoms with Crippen molar-refractivity contribution in [3.8, 4) is 0 Å². The lowest BCUT2D eigenvalue weighted by Gasteiger charge is -2.44. The predicted octanol–water partition coefficient (Wildman–Crippen LogP) is 7.12. The zero-order valence-corrected chi connectivity index (χ0v) is 33.1. The molecule has 2 saturated heterocycles. The largest absolute Gasteiger partial charge is 0.462 e. The van der Waals surface area contributed by atoms with Gasteiger partial charge in [-0.25, -0.2) is 0 Å². The third kappa shape index (κ3) is 8.10. The fourth-order valence-electron chi connectivity index (χ4n) is 9.63. The van der Waals surface area contributed by atoms with Crippen LogP contribution in [0.3, 0.4) is 0 Å². The van der Waals surface area contributed by atoms with E-state index in [1.54, 1.807) is 21.3 Å². The zero-order valence-electron chi connectivity index (χ0n) is 32.1. The highest BCUT2D eigenvalue weighted by Crippen LogP contribution is 2.57. The molecule has 0 unspecified atom stereocenters. The molecule has 0 aromatic heterocycles. The molecule has 280 valence electrons. The van der Waals surface area contributed by atoms with Gasteiger partial charge in [0.2, 0.25) is 0 Å². The molecule has 2 saturated carbocycles. The lowest BCUT2D eigenvalue weighted by molar-refractivity contribution is -0.314. The monoisotopic (exact) mass is 706 g/mol. The van der Waals surface area contributed by atoms with Crippen LogP contribution in [0.1, 0.15) is 92.9 Å². The van der Waals surface area contributed by atoms with Crippen molar-refractivity contribution in [3.63, 3.8) is 0 Å². The number of carbonyl (C=O) groups is 2. The van der Waals surface area contributed by atoms with E-state index in [0.717, 1.165) is 44.9 Å². The first-order valence-electron chi connectivity index (χ1n) is 19.1. The summed E-state index contributed by atoms with van der Waals surface area (Å²) >= 11 is 0. The van der Waals surface area contributed by atoms with Crippen molar-refractivity contribution in [1.29, 1.82) is 0 Å². The molecule has 2 aliphatic heterocycles. The summed E-state index contributed by atoms with van der Waals surface area (Å²) in [5.74, 6) is 0.830. The SMILES string of the molecule is CC[C@H]1CCC[C@H](O[Si](C)(C)C(C)(C)C)[C@@H](C)C(=O)[C@H]2C[C@@H]3[C@@H](C=C[C@@H]4C[C@H](O[C@@H]5O[C@@H](C)[C@H](OC)[C@@H](OC)[C@H]5OC)C[C@@H]34)[C@@H]2CC(=O)O1. The van der Waals surface area contributed by atoms with Crippen LogP contribution in [0.5, 0.6) is 0 Å². The summed E-state index contributed by atoms with van der Waals surface area (Å²) in [4.78, 5) is 28.1. The van der Waals surface area contributed by atoms with Crippen molar-refractivity contribution in [2.45, 2.75) is 160 Å². The van der Waals surface area contributed by atoms with Crippen LogP contribution in [-0.2, 0) is 42.4 Å². The lowest BCUT2D eigenvalue weighted by atomic mass is 9.71. The molecule has 5 rings (SSSR count). The Bertz CT molecular complexity index is 1170. The summed E-state index contributed by atoms with van der Waals surface area (Å²) in [6.07, 6.45) is 8.82. The molecule has 0 spiro atoms. The van der Waals surface area contributed by atoms with Gasteiger partial charge in [0.05, 0.1) is 18.3 Å². The molecule has 49 heavy (non-hydrogen) atoms. The third-order valence-electron chi connectivity index (χ3n) is 13.4. The van der Waals surface area contributed by atoms with Gasteiger partial charge >= 0.3 is 5.97 Å². The van der Waals surface area contributed by atoms with Crippen molar-refractivity contribution in [3.05, 3.63) is 12.2 Å². The minimum absolute atomic E-state index is 0.0104. The number of carbonyl (C=O) groups excluding carboxylic acids is 2. The number of rotatable bonds is 8. The van der Waals surface area contributed by atoms with Gasteiger partial charge in [-0.15, -0.1) is 0 Å². The zero-order chi connectivity index (χ0) is 35.8. The standard InChI is InChI=1S/C39H66O9Si/c1-12-25-14-13-15-32(48-49(10,11)39(4,5)6)22(2)34(41)31-20-29-27(30(31)21-33(40)46-25)17-16-24-18-26(19-28(24)29)47-38-37(44-9)36(43-8)35(42-7)23(3)45-38/h16-17,22-32,35-38H,12-15,18-21H2,1-11H3/t22-,23+,24-,25+,26+,27-,28-,29-,30+,31+,32+,35+,36-,37-,38+/m1/s1. The van der Waals surface area contributed by atoms with Gasteiger partial charge in [-0.1, -0.05) is 46.8 Å². The first kappa shape index (κ1) is 39.1. The average molecular weight is 707 g/mol. The Hall–Kier alpha value is -1.14. The Morgan fingerprint density at radius 2 is 1.57 bits per heavy atom. The van der Waals surface area contributed by atoms with Gasteiger partial charge in [0.25, 0.3) is 0 Å². The summed E-state index contributed by atoms with van der Waals surface area (Å²) in [5, 5.41) is 0.0482. The average Bonchev–Trinajstić information content (AvgIpc) is 3.62. The van der Waals surface area contributed by atoms with Crippen molar-refractivity contribution >= 4 is 20.1 Å². The molecule has 0 bridgehead atoms. The highest BCUT2D eigenvalue weighted by Gasteiger charge is 2.56. The molecule has 0 aromatic carbocycles. The number of hydrogen-bond donors (Lipinski definition) is 0. The van der Waals surface area contributed by atoms with E-state index in [-0.39, 0.29) is 77.1 Å². The van der Waals surface area contributed by atoms with E-state index in [9.17, 15) is 9.59 Å². The Balaban J connectivity index is 1.36. The van der Waals surface area contributed by atoms with Gasteiger partial charge in [0, 0.05) is 39.6 Å². The minimum Gasteiger partial charge on any atom is -0.462 e. The lowest BCUT2D eigenvalue weighted by Crippen LogP contribution is -2.59. The molecule has 10 heteroatoms. The van der Waals surface area contributed by atoms with E-state index in [2.05, 4.69) is 59.9 Å². The molecule has 4 fully saturated rings. The maximum atomic E-state index is 14.7. The van der Waals surface area contributed by atoms with Crippen LogP contribution in [0, 0.1) is 41.4 Å². The van der Waals surface area contributed by atoms with E-state index in [4.69, 9.17) is 32.8 Å². The van der Waals surface area contributed by atoms with Crippen LogP contribution < -0.4 is 0 Å². The molecular formula is C39H66O9Si. The first-order chi connectivity index (χ1) is 23.1. The van der Waals surface area contributed by atoms with Gasteiger partial charge < -0.3 is 32.8 Å². The van der Waals surface area contributed by atoms with Gasteiger partial charge in [-0.05, 0) is 99.6 Å². The highest BCUT2D eigenvalue weighted by molar-refractivity contribution is 6.74. The first-order valence-corrected chi connectivity index (χ1v) is 22.0. The molecule has 0 radical (unpaired) electrons. The molecule has 0 amide bonds. The molecule has 5 aliphatic rings. The van der Waals surface area contributed by atoms with Gasteiger partial charge in [-0.2, -0.15) is 0 Å². The van der Waals surface area contributed by atoms with Crippen molar-refractivity contribution < 1.29 is 42.4 Å². The van der Waals surface area contributed by atoms with Crippen LogP contribution in [-0.4, -0.2) is 90.4 Å². The number of hydrogen-bond acceptors (Lipinski definition) is 9. The Kier molecular flexibility index (Phi) is 12.6. The number of Topliss-reactive ketones (excluding diaryl/α,β-unsaturated/α-hetero) is 1. The summed E-state index contributed by atoms with van der Waals surface area (Å²) in [6.45, 7) is 17.5. The normalized spacial score (nSPS) is 43.6. The highest BCUT2D eigenvalue weighted by atomic mass is 28.4. The second-order valence-electron chi connectivity index (χ2n) is 17.3. The maximum absolute atomic E-state index is 14.7. The van der Waals surface area contributed by atoms with Crippen molar-refractivity contribution in [2.75, 3.05) is 21.3 Å². The van der Waals surface area contributed by atoms with E-state index in [1.807, 2.05) is 6.92 Å². The van der Waals surface area contributed by atoms with Crippen LogP contribution in [0.2, 0.25) is 18.1 Å². The number of methoxy groups -OCH3 is 3. The second-order valence-corrected chi connectivity index (χ2v) is 22.0. The number of ketones is 1. The fourth-order valence-corrected chi connectivity index (χ4v) is 11.1. The smallest absolute Gasteiger partial charge is 0.306 e. The topological polar surface area (TPSA) is 98.8 Å². The number of ether oxygens (including phenoxy) is 6. The van der Waals surface area contributed by atoms with E-state index < -0.39 is 20.7 Å². The molecule has 3 aliphatic carbocycles. The second kappa shape index (κ2) is 15.8. The van der Waals surface area contributed by atoms with Gasteiger partial charge in [0.15, 0.2) is 14.6 Å². The Morgan fingerprint density at radius 1 is 0.878 bits per heavy atom. The van der Waals surface area contributed by atoms with Crippen molar-refractivity contribution in [1.82, 2.24) is 0 Å². The molecule has 9 nitrogen and oxygen atoms in total. The quantitative estimate of drug-likeness (QED) is 0.149. The van der Waals surface area contributed by atoms with Crippen LogP contribution >= 0.6 is 0 Å². The number of cyclic esters (lactones) is 1. The summed E-state index contributed by atoms with van der Waals surface area (Å²) < 4.78 is 43.5. The van der Waals surface area contributed by atoms with E-state index in [0.29, 0.717) is 24.2 Å². The summed E-state index contributed by atoms with van der Waals surface area (Å²) in [5.41, 5.74) is 0. The maximum Gasteiger partial charge on any atom is 0.306 e. The van der Waals surface area contributed by atoms with Crippen LogP contribution in [0.25, 0.3) is 0 Å². The number of esters is 1. The van der Waals surface area contributed by atoms with E-state index >= 15 is 0 Å². The molecule has 15 atom stereocenters. The van der Waals surface area contributed by atoms with E-state index in [1.165, 1.54) is 0 Å². The Labute approximate surface area is 297 Å². The predicted molar refractivity (Wildman–Crippen MR) is 190 cm³/mol. The minimum atomic E-state index is -2.12. The molecule has 0 N–H and O–H groups in total. The van der Waals surface area contributed by atoms with Gasteiger partial charge in [0.1, 0.15) is 30.2 Å². The molecule has 2 heterocycles. The van der Waals surface area contributed by atoms with Crippen LogP contribution in [0.4, 0.5) is 0 Å². The van der Waals surface area contributed by atoms with Crippen LogP contribution in [0.15, 0.2) is 12.2 Å². The molecule has 0 aromatic rings. The Morgan fingerprint density at radius 3 is 2.20 bits per heavy atom. The molecular weight excluding hydrogens is 641 g/mol. The number of allylic oxidation sites excluding steroid dienone is 2. The third-order valence-corrected chi connectivity index (χ3v) is 18.0.